The van der Waals surface area contributed by atoms with Crippen LogP contribution in [0, 0.1) is 0 Å². The molecule has 4 unspecified atom stereocenters. The van der Waals surface area contributed by atoms with Crippen LogP contribution in [0.5, 0.6) is 0 Å². The normalized spacial score (nSPS) is 13.9. The maximum atomic E-state index is 12.7. The molecular formula is C18H32N8O9. The predicted octanol–water partition coefficient (Wildman–Crippen LogP) is -5.36. The molecule has 0 aliphatic carbocycles. The average Bonchev–Trinajstić information content (AvgIpc) is 2.75. The van der Waals surface area contributed by atoms with Gasteiger partial charge in [0.2, 0.25) is 23.6 Å². The van der Waals surface area contributed by atoms with Gasteiger partial charge in [-0.25, -0.2) is 4.79 Å². The van der Waals surface area contributed by atoms with Gasteiger partial charge in [-0.15, -0.1) is 0 Å². The average molecular weight is 505 g/mol. The van der Waals surface area contributed by atoms with E-state index < -0.39 is 85.6 Å². The fourth-order valence-corrected chi connectivity index (χ4v) is 2.62. The van der Waals surface area contributed by atoms with Crippen LogP contribution in [0.2, 0.25) is 0 Å². The Kier molecular flexibility index (Phi) is 14.0. The van der Waals surface area contributed by atoms with Gasteiger partial charge in [0.25, 0.3) is 0 Å². The first-order valence-electron chi connectivity index (χ1n) is 10.3. The molecule has 0 bridgehead atoms. The minimum absolute atomic E-state index is 0.0610. The summed E-state index contributed by atoms with van der Waals surface area (Å²) in [6.45, 7) is -0.842. The second kappa shape index (κ2) is 15.8. The molecule has 17 heteroatoms. The molecule has 0 aliphatic rings. The Morgan fingerprint density at radius 1 is 0.800 bits per heavy atom. The number of nitrogens with zero attached hydrogens (tertiary/aromatic N) is 1. The van der Waals surface area contributed by atoms with Crippen LogP contribution in [0.4, 0.5) is 0 Å². The Morgan fingerprint density at radius 2 is 1.34 bits per heavy atom. The lowest BCUT2D eigenvalue weighted by Crippen LogP contribution is -2.58. The molecule has 14 N–H and O–H groups in total. The third-order valence-electron chi connectivity index (χ3n) is 4.41. The Balaban J connectivity index is 5.44. The molecule has 35 heavy (non-hydrogen) atoms. The molecule has 4 atom stereocenters. The largest absolute Gasteiger partial charge is 0.481 e. The third kappa shape index (κ3) is 13.3. The van der Waals surface area contributed by atoms with Crippen LogP contribution in [0.15, 0.2) is 4.99 Å². The van der Waals surface area contributed by atoms with Gasteiger partial charge in [-0.05, 0) is 19.3 Å². The van der Waals surface area contributed by atoms with E-state index in [0.717, 1.165) is 0 Å². The highest BCUT2D eigenvalue weighted by molar-refractivity contribution is 5.95. The summed E-state index contributed by atoms with van der Waals surface area (Å²) in [4.78, 5) is 74.0. The summed E-state index contributed by atoms with van der Waals surface area (Å²) in [5, 5.41) is 34.0. The van der Waals surface area contributed by atoms with E-state index in [1.165, 1.54) is 0 Å². The molecule has 4 amide bonds. The van der Waals surface area contributed by atoms with Crippen molar-refractivity contribution in [3.63, 3.8) is 0 Å². The van der Waals surface area contributed by atoms with Crippen LogP contribution in [-0.2, 0) is 28.8 Å². The van der Waals surface area contributed by atoms with Gasteiger partial charge in [0.1, 0.15) is 18.1 Å². The van der Waals surface area contributed by atoms with Crippen molar-refractivity contribution in [2.24, 2.45) is 27.9 Å². The standard InChI is InChI=1S/C18H32N8O9/c19-8(6-12(20)28)14(31)26-11(7-27)16(33)24-9(2-1-5-23-18(21)22)15(32)25-10(17(34)35)3-4-13(29)30/h8-11,27H,1-7,19H2,(H2,20,28)(H,24,33)(H,25,32)(H,26,31)(H,29,30)(H,34,35)(H4,21,22,23). The Bertz CT molecular complexity index is 816. The SMILES string of the molecule is NC(=O)CC(N)C(=O)NC(CO)C(=O)NC(CCCN=C(N)N)C(=O)NC(CCC(=O)O)C(=O)O. The van der Waals surface area contributed by atoms with E-state index in [9.17, 15) is 39.0 Å². The summed E-state index contributed by atoms with van der Waals surface area (Å²) >= 11 is 0. The van der Waals surface area contributed by atoms with Crippen LogP contribution in [0.3, 0.4) is 0 Å². The van der Waals surface area contributed by atoms with Crippen LogP contribution >= 0.6 is 0 Å². The monoisotopic (exact) mass is 504 g/mol. The molecule has 0 aliphatic heterocycles. The first kappa shape index (κ1) is 31.0. The van der Waals surface area contributed by atoms with Gasteiger partial charge in [0.05, 0.1) is 19.1 Å². The van der Waals surface area contributed by atoms with Gasteiger partial charge in [-0.2, -0.15) is 0 Å². The first-order chi connectivity index (χ1) is 16.3. The van der Waals surface area contributed by atoms with E-state index >= 15 is 0 Å². The second-order valence-corrected chi connectivity index (χ2v) is 7.36. The topological polar surface area (TPSA) is 316 Å². The third-order valence-corrected chi connectivity index (χ3v) is 4.41. The summed E-state index contributed by atoms with van der Waals surface area (Å²) in [6.07, 6.45) is -1.41. The van der Waals surface area contributed by atoms with Gasteiger partial charge < -0.3 is 54.2 Å². The smallest absolute Gasteiger partial charge is 0.326 e. The van der Waals surface area contributed by atoms with Crippen LogP contribution in [-0.4, -0.2) is 94.2 Å². The number of carboxylic acid groups (broad SMARTS) is 2. The number of nitrogens with two attached hydrogens (primary N) is 4. The number of aliphatic imine (C=N–C) groups is 1. The first-order valence-corrected chi connectivity index (χ1v) is 10.3. The van der Waals surface area contributed by atoms with E-state index in [0.29, 0.717) is 0 Å². The molecule has 0 fully saturated rings. The Hall–Kier alpha value is -3.99. The number of hydrogen-bond acceptors (Lipinski definition) is 9. The van der Waals surface area contributed by atoms with Gasteiger partial charge >= 0.3 is 11.9 Å². The Morgan fingerprint density at radius 3 is 1.83 bits per heavy atom. The maximum Gasteiger partial charge on any atom is 0.326 e. The maximum absolute atomic E-state index is 12.7. The van der Waals surface area contributed by atoms with Crippen LogP contribution in [0.1, 0.15) is 32.1 Å². The number of carbonyl (C=O) groups excluding carboxylic acids is 4. The van der Waals surface area contributed by atoms with Crippen LogP contribution < -0.4 is 38.9 Å². The number of nitrogens with one attached hydrogen (secondary N) is 3. The number of rotatable bonds is 17. The molecule has 0 saturated heterocycles. The fourth-order valence-electron chi connectivity index (χ4n) is 2.62. The van der Waals surface area contributed by atoms with Crippen molar-refractivity contribution in [2.75, 3.05) is 13.2 Å². The highest BCUT2D eigenvalue weighted by atomic mass is 16.4. The van der Waals surface area contributed by atoms with E-state index in [1.807, 2.05) is 0 Å². The highest BCUT2D eigenvalue weighted by Gasteiger charge is 2.30. The number of amides is 4. The molecule has 198 valence electrons. The van der Waals surface area contributed by atoms with Gasteiger partial charge in [-0.3, -0.25) is 29.0 Å². The summed E-state index contributed by atoms with van der Waals surface area (Å²) in [5.74, 6) is -6.80. The molecule has 17 nitrogen and oxygen atoms in total. The van der Waals surface area contributed by atoms with Gasteiger partial charge in [0.15, 0.2) is 5.96 Å². The zero-order valence-electron chi connectivity index (χ0n) is 18.8. The number of aliphatic carboxylic acids is 2. The number of carbonyl (C=O) groups is 6. The number of aliphatic hydroxyl groups is 1. The number of hydrogen-bond donors (Lipinski definition) is 10. The van der Waals surface area contributed by atoms with Crippen molar-refractivity contribution in [3.05, 3.63) is 0 Å². The summed E-state index contributed by atoms with van der Waals surface area (Å²) in [6, 6.07) is -5.89. The Labute approximate surface area is 199 Å². The lowest BCUT2D eigenvalue weighted by atomic mass is 10.1. The summed E-state index contributed by atoms with van der Waals surface area (Å²) in [5.41, 5.74) is 20.9. The number of guanidine groups is 1. The molecule has 0 spiro atoms. The van der Waals surface area contributed by atoms with E-state index in [2.05, 4.69) is 20.9 Å². The molecule has 0 rings (SSSR count). The van der Waals surface area contributed by atoms with Crippen molar-refractivity contribution in [1.29, 1.82) is 0 Å². The molecule has 0 aromatic heterocycles. The van der Waals surface area contributed by atoms with Gasteiger partial charge in [0, 0.05) is 13.0 Å². The minimum atomic E-state index is -1.57. The fraction of sp³-hybridized carbons (Fsp3) is 0.611. The van der Waals surface area contributed by atoms with E-state index in [-0.39, 0.29) is 25.3 Å². The number of aliphatic hydroxyl groups excluding tert-OH is 1. The van der Waals surface area contributed by atoms with Crippen molar-refractivity contribution < 1.29 is 44.1 Å². The van der Waals surface area contributed by atoms with Crippen molar-refractivity contribution in [1.82, 2.24) is 16.0 Å². The molecule has 0 aromatic carbocycles. The number of carboxylic acids is 2. The summed E-state index contributed by atoms with van der Waals surface area (Å²) < 4.78 is 0. The van der Waals surface area contributed by atoms with E-state index in [4.69, 9.17) is 28.0 Å². The zero-order valence-corrected chi connectivity index (χ0v) is 18.8. The lowest BCUT2D eigenvalue weighted by Gasteiger charge is -2.24. The van der Waals surface area contributed by atoms with Crippen molar-refractivity contribution in [3.8, 4) is 0 Å². The molecule has 0 radical (unpaired) electrons. The van der Waals surface area contributed by atoms with E-state index in [1.54, 1.807) is 0 Å². The molecule has 0 heterocycles. The van der Waals surface area contributed by atoms with Crippen LogP contribution in [0.25, 0.3) is 0 Å². The predicted molar refractivity (Wildman–Crippen MR) is 119 cm³/mol. The van der Waals surface area contributed by atoms with Crippen molar-refractivity contribution >= 4 is 41.5 Å². The zero-order chi connectivity index (χ0) is 27.1. The molecule has 0 saturated carbocycles. The molecule has 0 aromatic rings. The summed E-state index contributed by atoms with van der Waals surface area (Å²) in [7, 11) is 0. The van der Waals surface area contributed by atoms with Crippen molar-refractivity contribution in [2.45, 2.75) is 56.3 Å². The highest BCUT2D eigenvalue weighted by Crippen LogP contribution is 2.04. The quantitative estimate of drug-likeness (QED) is 0.0504. The lowest BCUT2D eigenvalue weighted by molar-refractivity contribution is -0.143. The molecular weight excluding hydrogens is 472 g/mol. The second-order valence-electron chi connectivity index (χ2n) is 7.36. The minimum Gasteiger partial charge on any atom is -0.481 e. The van der Waals surface area contributed by atoms with Gasteiger partial charge in [-0.1, -0.05) is 0 Å². The number of primary amides is 1.